The van der Waals surface area contributed by atoms with E-state index in [4.69, 9.17) is 0 Å². The molecule has 0 aromatic heterocycles. The summed E-state index contributed by atoms with van der Waals surface area (Å²) in [7, 11) is -6.00. The second-order valence-electron chi connectivity index (χ2n) is 26.0. The molecule has 4 heteroatoms. The first-order chi connectivity index (χ1) is 29.8. The van der Waals surface area contributed by atoms with Crippen molar-refractivity contribution in [2.24, 2.45) is 35.5 Å². The summed E-state index contributed by atoms with van der Waals surface area (Å²) in [4.78, 5) is 40.8. The van der Waals surface area contributed by atoms with Crippen LogP contribution in [0.2, 0.25) is 0 Å². The molecule has 0 spiro atoms. The molecule has 5 rings (SSSR count). The predicted octanol–water partition coefficient (Wildman–Crippen LogP) is 16.5. The molecule has 3 N–H and O–H groups in total. The van der Waals surface area contributed by atoms with Gasteiger partial charge in [0.1, 0.15) is 0 Å². The van der Waals surface area contributed by atoms with Gasteiger partial charge in [-0.25, -0.2) is 0 Å². The molecule has 0 aliphatic carbocycles. The van der Waals surface area contributed by atoms with E-state index in [1.807, 2.05) is 24.3 Å². The summed E-state index contributed by atoms with van der Waals surface area (Å²) in [6, 6.07) is 26.1. The Kier molecular flexibility index (Phi) is 14.2. The van der Waals surface area contributed by atoms with Crippen molar-refractivity contribution in [1.29, 1.82) is 0 Å². The molecule has 0 aliphatic heterocycles. The molecule has 3 nitrogen and oxygen atoms in total. The van der Waals surface area contributed by atoms with Gasteiger partial charge in [-0.15, -0.1) is 0 Å². The molecule has 0 atom stereocenters. The van der Waals surface area contributed by atoms with Gasteiger partial charge < -0.3 is 0 Å². The molecule has 5 aromatic rings. The Balaban J connectivity index is 2.04. The van der Waals surface area contributed by atoms with Crippen molar-refractivity contribution in [3.05, 3.63) is 106 Å². The van der Waals surface area contributed by atoms with Gasteiger partial charge in [0.25, 0.3) is 0 Å². The van der Waals surface area contributed by atoms with E-state index in [0.717, 1.165) is 38.4 Å². The molecular formula is C62H93O3P. The van der Waals surface area contributed by atoms with Crippen LogP contribution in [0.3, 0.4) is 0 Å². The number of benzene rings is 5. The van der Waals surface area contributed by atoms with Gasteiger partial charge in [-0.05, 0) is 0 Å². The van der Waals surface area contributed by atoms with Gasteiger partial charge in [-0.2, -0.15) is 0 Å². The zero-order chi connectivity index (χ0) is 50.5. The fourth-order valence-corrected chi connectivity index (χ4v) is 11.8. The first kappa shape index (κ1) is 53.9. The van der Waals surface area contributed by atoms with Gasteiger partial charge in [0, 0.05) is 0 Å². The van der Waals surface area contributed by atoms with E-state index in [1.54, 1.807) is 6.07 Å². The van der Waals surface area contributed by atoms with Crippen LogP contribution in [0.4, 0.5) is 0 Å². The molecule has 66 heavy (non-hydrogen) atoms. The van der Waals surface area contributed by atoms with Crippen molar-refractivity contribution in [2.45, 2.75) is 199 Å². The quantitative estimate of drug-likeness (QED) is 0.0917. The van der Waals surface area contributed by atoms with Gasteiger partial charge >= 0.3 is 406 Å². The summed E-state index contributed by atoms with van der Waals surface area (Å²) in [6.45, 7) is 55.0. The Labute approximate surface area is 403 Å². The maximum absolute atomic E-state index is 13.6. The first-order valence-electron chi connectivity index (χ1n) is 25.4. The molecule has 0 saturated heterocycles. The standard InChI is InChI=1S/C62H93O3P/c1-37(2)57(13,14)45-29-43-31-51(59(17,18)39(5)6)50(35-48(43)52(33-45)60(19,20)40(7)8)47-27-25-26-28-55(47)66(63,64,65)56-36-49-44(32-54(56)62(23,24)42(11)12)30-46(58(15,16)38(3)4)34-53(49)61(21,22)41(9)10/h25-42,63-65H,1-24H3. The molecular weight excluding hydrogens is 824 g/mol. The number of fused-ring (bicyclic) bond motifs is 2. The van der Waals surface area contributed by atoms with Gasteiger partial charge in [-0.3, -0.25) is 0 Å². The van der Waals surface area contributed by atoms with Crippen molar-refractivity contribution in [3.63, 3.8) is 0 Å². The van der Waals surface area contributed by atoms with Crippen molar-refractivity contribution < 1.29 is 14.7 Å². The molecule has 0 radical (unpaired) electrons. The summed E-state index contributed by atoms with van der Waals surface area (Å²) in [5, 5.41) is 4.77. The third kappa shape index (κ3) is 9.00. The summed E-state index contributed by atoms with van der Waals surface area (Å²) >= 11 is 0. The van der Waals surface area contributed by atoms with Crippen LogP contribution in [0.1, 0.15) is 200 Å². The zero-order valence-electron chi connectivity index (χ0n) is 46.2. The van der Waals surface area contributed by atoms with Crippen LogP contribution >= 0.6 is 7.28 Å². The topological polar surface area (TPSA) is 60.7 Å². The van der Waals surface area contributed by atoms with E-state index in [9.17, 15) is 14.7 Å². The molecule has 0 bridgehead atoms. The minimum atomic E-state index is -6.00. The fourth-order valence-electron chi connectivity index (χ4n) is 9.34. The maximum atomic E-state index is 13.6. The molecule has 0 aliphatic rings. The first-order valence-corrected chi connectivity index (χ1v) is 27.5. The van der Waals surface area contributed by atoms with E-state index in [-0.39, 0.29) is 55.4 Å². The Hall–Kier alpha value is -3.07. The summed E-state index contributed by atoms with van der Waals surface area (Å²) < 4.78 is 0. The minimum absolute atomic E-state index is 0.0608. The van der Waals surface area contributed by atoms with Crippen LogP contribution in [0.15, 0.2) is 72.8 Å². The molecule has 0 amide bonds. The van der Waals surface area contributed by atoms with Gasteiger partial charge in [0.05, 0.1) is 0 Å². The molecule has 0 fully saturated rings. The molecule has 0 heterocycles. The second kappa shape index (κ2) is 17.4. The van der Waals surface area contributed by atoms with Crippen molar-refractivity contribution >= 4 is 39.4 Å². The van der Waals surface area contributed by atoms with E-state index in [1.165, 1.54) is 22.1 Å². The number of rotatable bonds is 15. The second-order valence-corrected chi connectivity index (χ2v) is 28.9. The van der Waals surface area contributed by atoms with E-state index in [2.05, 4.69) is 209 Å². The fraction of sp³-hybridized carbons (Fsp3) is 0.581. The van der Waals surface area contributed by atoms with Gasteiger partial charge in [0.2, 0.25) is 0 Å². The summed E-state index contributed by atoms with van der Waals surface area (Å²) in [5.74, 6) is 1.83. The molecule has 364 valence electrons. The predicted molar refractivity (Wildman–Crippen MR) is 293 cm³/mol. The average molecular weight is 917 g/mol. The Morgan fingerprint density at radius 1 is 0.333 bits per heavy atom. The molecule has 5 aromatic carbocycles. The normalized spacial score (nSPS) is 14.8. The Bertz CT molecular complexity index is 2600. The Morgan fingerprint density at radius 2 is 0.667 bits per heavy atom. The van der Waals surface area contributed by atoms with Crippen LogP contribution < -0.4 is 10.6 Å². The third-order valence-electron chi connectivity index (χ3n) is 19.2. The van der Waals surface area contributed by atoms with Crippen LogP contribution in [0.5, 0.6) is 0 Å². The van der Waals surface area contributed by atoms with Crippen LogP contribution in [0, 0.1) is 35.5 Å². The zero-order valence-corrected chi connectivity index (χ0v) is 47.1. The number of hydrogen-bond donors (Lipinski definition) is 3. The van der Waals surface area contributed by atoms with Gasteiger partial charge in [-0.1, -0.05) is 0 Å². The molecule has 0 saturated carbocycles. The van der Waals surface area contributed by atoms with E-state index >= 15 is 0 Å². The van der Waals surface area contributed by atoms with Crippen molar-refractivity contribution in [2.75, 3.05) is 0 Å². The third-order valence-corrected chi connectivity index (χ3v) is 21.7. The van der Waals surface area contributed by atoms with Crippen LogP contribution in [0.25, 0.3) is 32.7 Å². The van der Waals surface area contributed by atoms with Crippen molar-refractivity contribution in [1.82, 2.24) is 0 Å². The van der Waals surface area contributed by atoms with Crippen LogP contribution in [-0.4, -0.2) is 14.7 Å². The van der Waals surface area contributed by atoms with Gasteiger partial charge in [0.15, 0.2) is 0 Å². The summed E-state index contributed by atoms with van der Waals surface area (Å²) in [5.41, 5.74) is 7.03. The average Bonchev–Trinajstić information content (AvgIpc) is 3.21. The van der Waals surface area contributed by atoms with Crippen LogP contribution in [-0.2, 0) is 32.5 Å². The monoisotopic (exact) mass is 917 g/mol. The summed E-state index contributed by atoms with van der Waals surface area (Å²) in [6.07, 6.45) is 0. The number of hydrogen-bond acceptors (Lipinski definition) is 3. The Morgan fingerprint density at radius 3 is 1.06 bits per heavy atom. The SMILES string of the molecule is CC(C)C(C)(C)c1cc(C(C)(C)C(C)C)c2cc(-c3ccccc3P(O)(O)(O)c3cc4c(C(C)(C)C(C)C)cc(C(C)(C)C(C)C)cc4cc3C(C)(C)C(C)C)c(C(C)(C)C(C)C)cc2c1. The van der Waals surface area contributed by atoms with E-state index in [0.29, 0.717) is 23.3 Å². The van der Waals surface area contributed by atoms with E-state index < -0.39 is 12.7 Å². The van der Waals surface area contributed by atoms with Crippen molar-refractivity contribution in [3.8, 4) is 11.1 Å². The molecule has 0 unspecified atom stereocenters.